The molecule has 3 atom stereocenters. The van der Waals surface area contributed by atoms with Crippen molar-refractivity contribution in [1.82, 2.24) is 4.98 Å². The van der Waals surface area contributed by atoms with Crippen molar-refractivity contribution in [2.45, 2.75) is 31.4 Å². The average Bonchev–Trinajstić information content (AvgIpc) is 3.03. The van der Waals surface area contributed by atoms with Gasteiger partial charge < -0.3 is 10.5 Å². The summed E-state index contributed by atoms with van der Waals surface area (Å²) in [5.74, 6) is 6.43. The normalized spacial score (nSPS) is 31.7. The fourth-order valence-corrected chi connectivity index (χ4v) is 7.07. The predicted molar refractivity (Wildman–Crippen MR) is 113 cm³/mol. The summed E-state index contributed by atoms with van der Waals surface area (Å²) in [6, 6.07) is 4.32. The molecule has 5 nitrogen and oxygen atoms in total. The molecule has 0 saturated carbocycles. The first kappa shape index (κ1) is 18.1. The Morgan fingerprint density at radius 2 is 2.11 bits per heavy atom. The van der Waals surface area contributed by atoms with Crippen molar-refractivity contribution in [3.63, 3.8) is 0 Å². The molecule has 27 heavy (non-hydrogen) atoms. The lowest BCUT2D eigenvalue weighted by molar-refractivity contribution is 0.0891. The van der Waals surface area contributed by atoms with Gasteiger partial charge in [-0.25, -0.2) is 4.99 Å². The van der Waals surface area contributed by atoms with Crippen molar-refractivity contribution >= 4 is 32.2 Å². The lowest BCUT2D eigenvalue weighted by Gasteiger charge is -2.46. The van der Waals surface area contributed by atoms with Crippen LogP contribution in [0.15, 0.2) is 34.9 Å². The first-order valence-corrected chi connectivity index (χ1v) is 11.6. The SMILES string of the molecule is CC#Cc1cncc(-c2csc(C3(C)CC4(C=S(C)(=O)C4)OC(N)=N3)c2)c1. The third kappa shape index (κ3) is 3.35. The number of hydrogen-bond acceptors (Lipinski definition) is 6. The number of nitrogens with two attached hydrogens (primary N) is 1. The molecule has 0 radical (unpaired) electrons. The van der Waals surface area contributed by atoms with Crippen molar-refractivity contribution in [1.29, 1.82) is 0 Å². The molecule has 2 aromatic heterocycles. The van der Waals surface area contributed by atoms with Crippen LogP contribution in [0.2, 0.25) is 0 Å². The van der Waals surface area contributed by atoms with Gasteiger partial charge in [0.1, 0.15) is 5.54 Å². The molecule has 140 valence electrons. The Kier molecular flexibility index (Phi) is 4.09. The molecule has 7 heteroatoms. The molecule has 2 N–H and O–H groups in total. The van der Waals surface area contributed by atoms with Crippen LogP contribution in [0.25, 0.3) is 11.1 Å². The van der Waals surface area contributed by atoms with Crippen LogP contribution in [0, 0.1) is 11.8 Å². The van der Waals surface area contributed by atoms with E-state index in [9.17, 15) is 4.21 Å². The van der Waals surface area contributed by atoms with Crippen molar-refractivity contribution < 1.29 is 8.95 Å². The zero-order valence-electron chi connectivity index (χ0n) is 15.5. The van der Waals surface area contributed by atoms with Gasteiger partial charge in [-0.15, -0.1) is 17.3 Å². The predicted octanol–water partition coefficient (Wildman–Crippen LogP) is 2.60. The first-order chi connectivity index (χ1) is 12.7. The summed E-state index contributed by atoms with van der Waals surface area (Å²) in [4.78, 5) is 9.98. The minimum Gasteiger partial charge on any atom is -0.453 e. The van der Waals surface area contributed by atoms with Crippen LogP contribution >= 0.6 is 11.3 Å². The highest BCUT2D eigenvalue weighted by Crippen LogP contribution is 2.45. The number of thiophene rings is 1. The standard InChI is InChI=1S/C20H21N3O2S2/c1-4-5-14-6-15(9-22-8-14)16-7-17(26-10-16)19(2)11-20(25-18(21)23-19)12-27(3,24)13-20/h6-10,12H,11,13H2,1-3H3,(H2,21,23). The number of rotatable bonds is 2. The second kappa shape index (κ2) is 6.11. The monoisotopic (exact) mass is 399 g/mol. The topological polar surface area (TPSA) is 77.6 Å². The highest BCUT2D eigenvalue weighted by atomic mass is 32.2. The summed E-state index contributed by atoms with van der Waals surface area (Å²) in [7, 11) is -1.92. The van der Waals surface area contributed by atoms with Crippen LogP contribution in [0.3, 0.4) is 0 Å². The Hall–Kier alpha value is -2.30. The molecule has 3 unspecified atom stereocenters. The number of nitrogens with zero attached hydrogens (tertiary/aromatic N) is 2. The lowest BCUT2D eigenvalue weighted by atomic mass is 9.85. The van der Waals surface area contributed by atoms with E-state index in [0.717, 1.165) is 21.6 Å². The zero-order valence-corrected chi connectivity index (χ0v) is 17.1. The molecule has 2 aliphatic rings. The Balaban J connectivity index is 1.69. The van der Waals surface area contributed by atoms with Gasteiger partial charge in [0.25, 0.3) is 6.02 Å². The van der Waals surface area contributed by atoms with Gasteiger partial charge >= 0.3 is 0 Å². The molecule has 0 aliphatic carbocycles. The second-order valence-electron chi connectivity index (χ2n) is 7.44. The summed E-state index contributed by atoms with van der Waals surface area (Å²) in [5.41, 5.74) is 7.89. The molecule has 1 spiro atoms. The highest BCUT2D eigenvalue weighted by Gasteiger charge is 2.51. The molecule has 2 aliphatic heterocycles. The number of aromatic nitrogens is 1. The average molecular weight is 400 g/mol. The smallest absolute Gasteiger partial charge is 0.283 e. The fourth-order valence-electron chi connectivity index (χ4n) is 3.92. The van der Waals surface area contributed by atoms with E-state index >= 15 is 0 Å². The van der Waals surface area contributed by atoms with E-state index < -0.39 is 20.7 Å². The number of ether oxygens (including phenoxy) is 1. The molecule has 0 aromatic carbocycles. The largest absolute Gasteiger partial charge is 0.453 e. The van der Waals surface area contributed by atoms with Gasteiger partial charge in [-0.1, -0.05) is 5.92 Å². The number of pyridine rings is 1. The van der Waals surface area contributed by atoms with Gasteiger partial charge in [0.2, 0.25) is 0 Å². The summed E-state index contributed by atoms with van der Waals surface area (Å²) in [6.45, 7) is 3.87. The third-order valence-electron chi connectivity index (χ3n) is 4.77. The van der Waals surface area contributed by atoms with Crippen LogP contribution in [-0.2, 0) is 19.8 Å². The van der Waals surface area contributed by atoms with E-state index in [-0.39, 0.29) is 6.02 Å². The van der Waals surface area contributed by atoms with Crippen LogP contribution in [-0.4, -0.2) is 38.2 Å². The molecular formula is C20H21N3O2S2. The maximum absolute atomic E-state index is 12.2. The van der Waals surface area contributed by atoms with Crippen LogP contribution < -0.4 is 5.73 Å². The van der Waals surface area contributed by atoms with Crippen molar-refractivity contribution in [2.24, 2.45) is 10.7 Å². The van der Waals surface area contributed by atoms with Gasteiger partial charge in [0.15, 0.2) is 5.60 Å². The van der Waals surface area contributed by atoms with E-state index in [2.05, 4.69) is 40.2 Å². The minimum absolute atomic E-state index is 0.159. The Morgan fingerprint density at radius 3 is 2.81 bits per heavy atom. The maximum atomic E-state index is 12.2. The van der Waals surface area contributed by atoms with E-state index in [0.29, 0.717) is 12.2 Å². The van der Waals surface area contributed by atoms with Crippen molar-refractivity contribution in [3.05, 3.63) is 40.3 Å². The maximum Gasteiger partial charge on any atom is 0.283 e. The summed E-state index contributed by atoms with van der Waals surface area (Å²) >= 11 is 1.64. The van der Waals surface area contributed by atoms with Gasteiger partial charge in [-0.05, 0) is 46.4 Å². The Bertz CT molecular complexity index is 1130. The summed E-state index contributed by atoms with van der Waals surface area (Å²) < 4.78 is 18.0. The summed E-state index contributed by atoms with van der Waals surface area (Å²) in [6.07, 6.45) is 5.98. The number of amidine groups is 1. The van der Waals surface area contributed by atoms with E-state index in [4.69, 9.17) is 10.5 Å². The third-order valence-corrected chi connectivity index (χ3v) is 7.95. The molecule has 0 amide bonds. The van der Waals surface area contributed by atoms with E-state index in [1.54, 1.807) is 23.8 Å². The van der Waals surface area contributed by atoms with Gasteiger partial charge in [0, 0.05) is 46.4 Å². The van der Waals surface area contributed by atoms with Crippen LogP contribution in [0.1, 0.15) is 30.7 Å². The Labute approximate surface area is 163 Å². The van der Waals surface area contributed by atoms with Crippen LogP contribution in [0.4, 0.5) is 0 Å². The van der Waals surface area contributed by atoms with Gasteiger partial charge in [-0.2, -0.15) is 0 Å². The quantitative estimate of drug-likeness (QED) is 0.622. The molecule has 0 saturated heterocycles. The van der Waals surface area contributed by atoms with E-state index in [1.807, 2.05) is 24.6 Å². The number of aliphatic imine (C=N–C) groups is 1. The molecule has 2 aromatic rings. The van der Waals surface area contributed by atoms with Gasteiger partial charge in [-0.3, -0.25) is 9.19 Å². The Morgan fingerprint density at radius 1 is 1.33 bits per heavy atom. The lowest BCUT2D eigenvalue weighted by Crippen LogP contribution is -2.59. The molecule has 0 bridgehead atoms. The van der Waals surface area contributed by atoms with Gasteiger partial charge in [0.05, 0.1) is 5.75 Å². The summed E-state index contributed by atoms with van der Waals surface area (Å²) in [5, 5.41) is 3.91. The second-order valence-corrected chi connectivity index (χ2v) is 11.0. The first-order valence-electron chi connectivity index (χ1n) is 8.57. The van der Waals surface area contributed by atoms with Crippen molar-refractivity contribution in [3.8, 4) is 23.0 Å². The van der Waals surface area contributed by atoms with E-state index in [1.165, 1.54) is 0 Å². The highest BCUT2D eigenvalue weighted by molar-refractivity contribution is 8.02. The zero-order chi connectivity index (χ0) is 19.3. The molecular weight excluding hydrogens is 378 g/mol. The van der Waals surface area contributed by atoms with Crippen LogP contribution in [0.5, 0.6) is 0 Å². The minimum atomic E-state index is -1.92. The molecule has 0 fully saturated rings. The fraction of sp³-hybridized carbons (Fsp3) is 0.350. The van der Waals surface area contributed by atoms with Crippen molar-refractivity contribution in [2.75, 3.05) is 12.0 Å². The molecule has 4 heterocycles. The number of hydrogen-bond donors (Lipinski definition) is 1. The molecule has 4 rings (SSSR count).